The van der Waals surface area contributed by atoms with Gasteiger partial charge in [0.1, 0.15) is 0 Å². The van der Waals surface area contributed by atoms with Crippen molar-refractivity contribution < 1.29 is 19.0 Å². The van der Waals surface area contributed by atoms with Crippen LogP contribution in [0.1, 0.15) is 27.7 Å². The first-order valence-corrected chi connectivity index (χ1v) is 6.36. The summed E-state index contributed by atoms with van der Waals surface area (Å²) in [5.74, 6) is 0.218. The van der Waals surface area contributed by atoms with Crippen molar-refractivity contribution in [3.63, 3.8) is 0 Å². The van der Waals surface area contributed by atoms with Gasteiger partial charge in [-0.2, -0.15) is 0 Å². The number of methoxy groups -OCH3 is 1. The van der Waals surface area contributed by atoms with Gasteiger partial charge in [0.15, 0.2) is 5.75 Å². The van der Waals surface area contributed by atoms with Crippen LogP contribution in [0, 0.1) is 10.1 Å². The lowest BCUT2D eigenvalue weighted by Crippen LogP contribution is -2.41. The van der Waals surface area contributed by atoms with Gasteiger partial charge < -0.3 is 14.0 Å². The van der Waals surface area contributed by atoms with Crippen LogP contribution in [0.5, 0.6) is 5.75 Å². The largest absolute Gasteiger partial charge is 0.495 e. The van der Waals surface area contributed by atoms with Crippen molar-refractivity contribution >= 4 is 18.3 Å². The van der Waals surface area contributed by atoms with Crippen molar-refractivity contribution in [2.24, 2.45) is 0 Å². The molecule has 0 amide bonds. The predicted octanol–water partition coefficient (Wildman–Crippen LogP) is 1.90. The lowest BCUT2D eigenvalue weighted by molar-refractivity contribution is -0.385. The van der Waals surface area contributed by atoms with Crippen molar-refractivity contribution in [1.82, 2.24) is 0 Å². The summed E-state index contributed by atoms with van der Waals surface area (Å²) in [5.41, 5.74) is -0.450. The van der Waals surface area contributed by atoms with Gasteiger partial charge in [0.2, 0.25) is 0 Å². The summed E-state index contributed by atoms with van der Waals surface area (Å²) in [6.07, 6.45) is 0. The van der Waals surface area contributed by atoms with Crippen LogP contribution >= 0.6 is 0 Å². The van der Waals surface area contributed by atoms with E-state index in [0.717, 1.165) is 0 Å². The van der Waals surface area contributed by atoms with E-state index in [2.05, 4.69) is 0 Å². The quantitative estimate of drug-likeness (QED) is 0.480. The van der Waals surface area contributed by atoms with Gasteiger partial charge in [0, 0.05) is 6.07 Å². The highest BCUT2D eigenvalue weighted by Crippen LogP contribution is 2.37. The molecule has 1 aromatic carbocycles. The number of rotatable bonds is 3. The Kier molecular flexibility index (Phi) is 3.52. The third kappa shape index (κ3) is 2.38. The zero-order valence-electron chi connectivity index (χ0n) is 12.3. The number of nitro groups is 1. The maximum atomic E-state index is 11.0. The zero-order chi connectivity index (χ0) is 15.1. The van der Waals surface area contributed by atoms with Gasteiger partial charge in [0.25, 0.3) is 0 Å². The van der Waals surface area contributed by atoms with Crippen molar-refractivity contribution in [2.75, 3.05) is 7.11 Å². The molecule has 20 heavy (non-hydrogen) atoms. The molecule has 0 aliphatic carbocycles. The molecule has 1 aliphatic rings. The highest BCUT2D eigenvalue weighted by atomic mass is 16.7. The van der Waals surface area contributed by atoms with Crippen LogP contribution in [-0.2, 0) is 9.31 Å². The second kappa shape index (κ2) is 4.75. The van der Waals surface area contributed by atoms with Gasteiger partial charge >= 0.3 is 12.8 Å². The van der Waals surface area contributed by atoms with Gasteiger partial charge in [0.05, 0.1) is 23.2 Å². The smallest absolute Gasteiger partial charge is 0.490 e. The van der Waals surface area contributed by atoms with Crippen LogP contribution in [-0.4, -0.2) is 30.4 Å². The Bertz CT molecular complexity index is 528. The van der Waals surface area contributed by atoms with E-state index >= 15 is 0 Å². The summed E-state index contributed by atoms with van der Waals surface area (Å²) in [5, 5.41) is 11.0. The molecule has 0 unspecified atom stereocenters. The van der Waals surface area contributed by atoms with Gasteiger partial charge in [-0.3, -0.25) is 10.1 Å². The molecule has 0 atom stereocenters. The number of hydrogen-bond donors (Lipinski definition) is 0. The van der Waals surface area contributed by atoms with Crippen LogP contribution < -0.4 is 10.2 Å². The Hall–Kier alpha value is -1.60. The molecule has 0 saturated carbocycles. The minimum atomic E-state index is -0.621. The van der Waals surface area contributed by atoms with E-state index in [-0.39, 0.29) is 11.4 Å². The highest BCUT2D eigenvalue weighted by molar-refractivity contribution is 6.62. The van der Waals surface area contributed by atoms with E-state index in [0.29, 0.717) is 5.46 Å². The number of nitrogens with zero attached hydrogens (tertiary/aromatic N) is 1. The third-order valence-corrected chi connectivity index (χ3v) is 3.93. The molecular formula is C13H18BNO5. The van der Waals surface area contributed by atoms with Gasteiger partial charge in [-0.25, -0.2) is 0 Å². The molecule has 2 rings (SSSR count). The predicted molar refractivity (Wildman–Crippen MR) is 75.4 cm³/mol. The van der Waals surface area contributed by atoms with E-state index in [1.165, 1.54) is 13.2 Å². The monoisotopic (exact) mass is 279 g/mol. The van der Waals surface area contributed by atoms with Crippen molar-refractivity contribution in [2.45, 2.75) is 38.9 Å². The first-order valence-electron chi connectivity index (χ1n) is 6.36. The van der Waals surface area contributed by atoms with Crippen LogP contribution in [0.25, 0.3) is 0 Å². The highest BCUT2D eigenvalue weighted by Gasteiger charge is 2.52. The lowest BCUT2D eigenvalue weighted by Gasteiger charge is -2.32. The Balaban J connectivity index is 2.36. The fourth-order valence-electron chi connectivity index (χ4n) is 1.98. The molecule has 1 saturated heterocycles. The first-order chi connectivity index (χ1) is 9.18. The second-order valence-electron chi connectivity index (χ2n) is 5.78. The summed E-state index contributed by atoms with van der Waals surface area (Å²) in [6, 6.07) is 4.70. The van der Waals surface area contributed by atoms with Crippen LogP contribution in [0.3, 0.4) is 0 Å². The molecule has 6 nitrogen and oxygen atoms in total. The third-order valence-electron chi connectivity index (χ3n) is 3.93. The van der Waals surface area contributed by atoms with Crippen molar-refractivity contribution in [3.8, 4) is 5.75 Å². The van der Waals surface area contributed by atoms with E-state index in [4.69, 9.17) is 14.0 Å². The van der Waals surface area contributed by atoms with E-state index in [1.807, 2.05) is 27.7 Å². The number of hydrogen-bond acceptors (Lipinski definition) is 5. The summed E-state index contributed by atoms with van der Waals surface area (Å²) < 4.78 is 16.7. The Morgan fingerprint density at radius 2 is 1.75 bits per heavy atom. The summed E-state index contributed by atoms with van der Waals surface area (Å²) >= 11 is 0. The second-order valence-corrected chi connectivity index (χ2v) is 5.78. The van der Waals surface area contributed by atoms with Crippen LogP contribution in [0.2, 0.25) is 0 Å². The fraction of sp³-hybridized carbons (Fsp3) is 0.538. The van der Waals surface area contributed by atoms with E-state index in [9.17, 15) is 10.1 Å². The topological polar surface area (TPSA) is 70.8 Å². The van der Waals surface area contributed by atoms with Gasteiger partial charge in [-0.1, -0.05) is 6.07 Å². The van der Waals surface area contributed by atoms with Crippen molar-refractivity contribution in [3.05, 3.63) is 28.3 Å². The maximum absolute atomic E-state index is 11.0. The number of ether oxygens (including phenoxy) is 1. The molecule has 0 N–H and O–H groups in total. The minimum absolute atomic E-state index is 0.0975. The lowest BCUT2D eigenvalue weighted by atomic mass is 9.79. The summed E-state index contributed by atoms with van der Waals surface area (Å²) in [6.45, 7) is 7.74. The molecule has 0 spiro atoms. The average molecular weight is 279 g/mol. The van der Waals surface area contributed by atoms with E-state index < -0.39 is 23.2 Å². The minimum Gasteiger partial charge on any atom is -0.490 e. The molecule has 0 radical (unpaired) electrons. The molecule has 108 valence electrons. The molecule has 1 fully saturated rings. The zero-order valence-corrected chi connectivity index (χ0v) is 12.3. The summed E-state index contributed by atoms with van der Waals surface area (Å²) in [7, 11) is 0.779. The molecule has 0 bridgehead atoms. The normalized spacial score (nSPS) is 19.9. The summed E-state index contributed by atoms with van der Waals surface area (Å²) in [4.78, 5) is 10.6. The molecule has 1 aliphatic heterocycles. The van der Waals surface area contributed by atoms with Gasteiger partial charge in [-0.05, 0) is 39.2 Å². The number of benzene rings is 1. The Morgan fingerprint density at radius 3 is 2.20 bits per heavy atom. The Labute approximate surface area is 118 Å². The van der Waals surface area contributed by atoms with Crippen LogP contribution in [0.15, 0.2) is 18.2 Å². The molecule has 7 heteroatoms. The van der Waals surface area contributed by atoms with Crippen molar-refractivity contribution in [1.29, 1.82) is 0 Å². The maximum Gasteiger partial charge on any atom is 0.495 e. The fourth-order valence-corrected chi connectivity index (χ4v) is 1.98. The average Bonchev–Trinajstić information content (AvgIpc) is 2.57. The SMILES string of the molecule is COc1ccc(B2OC(C)(C)C(C)(C)O2)cc1[N+](=O)[O-]. The van der Waals surface area contributed by atoms with E-state index in [1.54, 1.807) is 12.1 Å². The molecule has 0 aromatic heterocycles. The van der Waals surface area contributed by atoms with Gasteiger partial charge in [-0.15, -0.1) is 0 Å². The molecule has 1 heterocycles. The molecular weight excluding hydrogens is 261 g/mol. The first kappa shape index (κ1) is 14.8. The Morgan fingerprint density at radius 1 is 1.20 bits per heavy atom. The standard InChI is InChI=1S/C13H18BNO5/c1-12(2)13(3,4)20-14(19-12)9-6-7-11(18-5)10(8-9)15(16)17/h6-8H,1-5H3. The van der Waals surface area contributed by atoms with Crippen LogP contribution in [0.4, 0.5) is 5.69 Å². The number of nitro benzene ring substituents is 1. The molecule has 1 aromatic rings.